The van der Waals surface area contributed by atoms with E-state index in [0.29, 0.717) is 11.1 Å². The number of amides is 1. The Kier molecular flexibility index (Phi) is 3.56. The summed E-state index contributed by atoms with van der Waals surface area (Å²) in [7, 11) is 0. The quantitative estimate of drug-likeness (QED) is 0.709. The maximum Gasteiger partial charge on any atom is 0.416 e. The Morgan fingerprint density at radius 3 is 2.55 bits per heavy atom. The van der Waals surface area contributed by atoms with Gasteiger partial charge in [-0.2, -0.15) is 13.2 Å². The van der Waals surface area contributed by atoms with Gasteiger partial charge in [0.2, 0.25) is 0 Å². The zero-order valence-corrected chi connectivity index (χ0v) is 12.6. The normalized spacial score (nSPS) is 15.8. The summed E-state index contributed by atoms with van der Waals surface area (Å²) in [4.78, 5) is 12.0. The Labute approximate surface area is 132 Å². The van der Waals surface area contributed by atoms with Crippen molar-refractivity contribution in [2.75, 3.05) is 5.32 Å². The fourth-order valence-corrected chi connectivity index (χ4v) is 2.69. The van der Waals surface area contributed by atoms with Crippen LogP contribution in [0.5, 0.6) is 0 Å². The molecule has 0 fully saturated rings. The van der Waals surface area contributed by atoms with E-state index in [1.54, 1.807) is 6.08 Å². The van der Waals surface area contributed by atoms with E-state index in [0.717, 1.165) is 22.2 Å². The molecule has 1 aliphatic rings. The van der Waals surface area contributed by atoms with Crippen LogP contribution in [-0.2, 0) is 11.0 Å². The molecule has 1 heterocycles. The Morgan fingerprint density at radius 1 is 1.09 bits per heavy atom. The van der Waals surface area contributed by atoms with Gasteiger partial charge in [0.15, 0.2) is 0 Å². The van der Waals surface area contributed by atoms with Gasteiger partial charge in [-0.05, 0) is 35.9 Å². The third-order valence-corrected chi connectivity index (χ3v) is 3.78. The maximum atomic E-state index is 12.7. The van der Waals surface area contributed by atoms with Crippen LogP contribution >= 0.6 is 15.9 Å². The zero-order valence-electron chi connectivity index (χ0n) is 11.0. The van der Waals surface area contributed by atoms with Gasteiger partial charge in [0.1, 0.15) is 0 Å². The SMILES string of the molecule is O=C1Nc2cc(C(F)(F)F)ccc2C1=Cc1cccc(Br)c1. The number of fused-ring (bicyclic) bond motifs is 1. The van der Waals surface area contributed by atoms with Crippen LogP contribution in [0.4, 0.5) is 18.9 Å². The fourth-order valence-electron chi connectivity index (χ4n) is 2.28. The van der Waals surface area contributed by atoms with Crippen LogP contribution < -0.4 is 5.32 Å². The molecule has 22 heavy (non-hydrogen) atoms. The third kappa shape index (κ3) is 2.78. The number of anilines is 1. The Bertz CT molecular complexity index is 796. The molecule has 2 nitrogen and oxygen atoms in total. The summed E-state index contributed by atoms with van der Waals surface area (Å²) in [5.41, 5.74) is 1.00. The first-order valence-corrected chi connectivity index (χ1v) is 7.14. The standard InChI is InChI=1S/C16H9BrF3NO/c17-11-3-1-2-9(6-11)7-13-12-5-4-10(16(18,19)20)8-14(12)21-15(13)22/h1-8H,(H,21,22). The first-order valence-electron chi connectivity index (χ1n) is 6.35. The summed E-state index contributed by atoms with van der Waals surface area (Å²) >= 11 is 3.33. The van der Waals surface area contributed by atoms with Crippen molar-refractivity contribution in [2.45, 2.75) is 6.18 Å². The summed E-state index contributed by atoms with van der Waals surface area (Å²) in [6, 6.07) is 10.6. The molecule has 2 aromatic carbocycles. The molecule has 0 saturated heterocycles. The second kappa shape index (κ2) is 5.28. The molecule has 0 spiro atoms. The van der Waals surface area contributed by atoms with E-state index < -0.39 is 17.6 Å². The molecule has 0 radical (unpaired) electrons. The first kappa shape index (κ1) is 14.8. The minimum atomic E-state index is -4.43. The molecule has 0 aromatic heterocycles. The van der Waals surface area contributed by atoms with Crippen molar-refractivity contribution >= 4 is 39.2 Å². The average Bonchev–Trinajstić information content (AvgIpc) is 2.73. The van der Waals surface area contributed by atoms with Crippen molar-refractivity contribution in [3.63, 3.8) is 0 Å². The van der Waals surface area contributed by atoms with Crippen molar-refractivity contribution in [3.05, 3.63) is 63.6 Å². The molecule has 1 aliphatic heterocycles. The lowest BCUT2D eigenvalue weighted by Crippen LogP contribution is -2.06. The zero-order chi connectivity index (χ0) is 15.9. The topological polar surface area (TPSA) is 29.1 Å². The largest absolute Gasteiger partial charge is 0.416 e. The molecule has 0 bridgehead atoms. The molecule has 1 N–H and O–H groups in total. The summed E-state index contributed by atoms with van der Waals surface area (Å²) in [6.45, 7) is 0. The predicted molar refractivity (Wildman–Crippen MR) is 82.1 cm³/mol. The van der Waals surface area contributed by atoms with E-state index in [1.165, 1.54) is 6.07 Å². The number of alkyl halides is 3. The Balaban J connectivity index is 2.05. The van der Waals surface area contributed by atoms with Crippen molar-refractivity contribution in [2.24, 2.45) is 0 Å². The van der Waals surface area contributed by atoms with Crippen LogP contribution in [0.25, 0.3) is 11.6 Å². The summed E-state index contributed by atoms with van der Waals surface area (Å²) in [6.07, 6.45) is -2.78. The molecule has 1 amide bonds. The van der Waals surface area contributed by atoms with Crippen LogP contribution in [0.2, 0.25) is 0 Å². The highest BCUT2D eigenvalue weighted by molar-refractivity contribution is 9.10. The van der Waals surface area contributed by atoms with Crippen molar-refractivity contribution < 1.29 is 18.0 Å². The van der Waals surface area contributed by atoms with E-state index in [4.69, 9.17) is 0 Å². The highest BCUT2D eigenvalue weighted by atomic mass is 79.9. The van der Waals surface area contributed by atoms with Gasteiger partial charge in [0, 0.05) is 21.3 Å². The second-order valence-corrected chi connectivity index (χ2v) is 5.74. The van der Waals surface area contributed by atoms with E-state index in [-0.39, 0.29) is 5.69 Å². The number of rotatable bonds is 1. The molecule has 2 aromatic rings. The number of nitrogens with one attached hydrogen (secondary N) is 1. The van der Waals surface area contributed by atoms with Gasteiger partial charge >= 0.3 is 6.18 Å². The molecule has 112 valence electrons. The minimum Gasteiger partial charge on any atom is -0.321 e. The van der Waals surface area contributed by atoms with Gasteiger partial charge in [-0.3, -0.25) is 4.79 Å². The Morgan fingerprint density at radius 2 is 1.86 bits per heavy atom. The van der Waals surface area contributed by atoms with Gasteiger partial charge in [-0.25, -0.2) is 0 Å². The van der Waals surface area contributed by atoms with Gasteiger partial charge in [0.05, 0.1) is 5.56 Å². The van der Waals surface area contributed by atoms with Gasteiger partial charge in [0.25, 0.3) is 5.91 Å². The van der Waals surface area contributed by atoms with Crippen LogP contribution in [0.3, 0.4) is 0 Å². The van der Waals surface area contributed by atoms with E-state index in [1.807, 2.05) is 24.3 Å². The number of hydrogen-bond acceptors (Lipinski definition) is 1. The van der Waals surface area contributed by atoms with Gasteiger partial charge in [-0.15, -0.1) is 0 Å². The third-order valence-electron chi connectivity index (χ3n) is 3.29. The lowest BCUT2D eigenvalue weighted by Gasteiger charge is -2.08. The predicted octanol–water partition coefficient (Wildman–Crippen LogP) is 4.96. The summed E-state index contributed by atoms with van der Waals surface area (Å²) < 4.78 is 39.0. The molecule has 0 saturated carbocycles. The molecule has 6 heteroatoms. The monoisotopic (exact) mass is 367 g/mol. The van der Waals surface area contributed by atoms with Gasteiger partial charge < -0.3 is 5.32 Å². The molecule has 0 atom stereocenters. The van der Waals surface area contributed by atoms with E-state index in [9.17, 15) is 18.0 Å². The molecular formula is C16H9BrF3NO. The number of benzene rings is 2. The van der Waals surface area contributed by atoms with Crippen LogP contribution in [0, 0.1) is 0 Å². The molecule has 3 rings (SSSR count). The molecule has 0 unspecified atom stereocenters. The first-order chi connectivity index (χ1) is 10.3. The highest BCUT2D eigenvalue weighted by Gasteiger charge is 2.33. The number of halogens is 4. The Hall–Kier alpha value is -2.08. The summed E-state index contributed by atoms with van der Waals surface area (Å²) in [5, 5.41) is 2.48. The minimum absolute atomic E-state index is 0.182. The second-order valence-electron chi connectivity index (χ2n) is 4.83. The highest BCUT2D eigenvalue weighted by Crippen LogP contribution is 2.38. The van der Waals surface area contributed by atoms with Gasteiger partial charge in [-0.1, -0.05) is 34.1 Å². The van der Waals surface area contributed by atoms with E-state index >= 15 is 0 Å². The lowest BCUT2D eigenvalue weighted by atomic mass is 10.0. The maximum absolute atomic E-state index is 12.7. The number of carbonyl (C=O) groups excluding carboxylic acids is 1. The number of carbonyl (C=O) groups is 1. The fraction of sp³-hybridized carbons (Fsp3) is 0.0625. The van der Waals surface area contributed by atoms with Crippen LogP contribution in [-0.4, -0.2) is 5.91 Å². The molecular weight excluding hydrogens is 359 g/mol. The van der Waals surface area contributed by atoms with Crippen molar-refractivity contribution in [1.29, 1.82) is 0 Å². The summed E-state index contributed by atoms with van der Waals surface area (Å²) in [5.74, 6) is -0.408. The average molecular weight is 368 g/mol. The number of hydrogen-bond donors (Lipinski definition) is 1. The lowest BCUT2D eigenvalue weighted by molar-refractivity contribution is -0.137. The van der Waals surface area contributed by atoms with Crippen LogP contribution in [0.1, 0.15) is 16.7 Å². The van der Waals surface area contributed by atoms with E-state index in [2.05, 4.69) is 21.2 Å². The van der Waals surface area contributed by atoms with Crippen molar-refractivity contribution in [1.82, 2.24) is 0 Å². The smallest absolute Gasteiger partial charge is 0.321 e. The molecule has 0 aliphatic carbocycles. The van der Waals surface area contributed by atoms with Crippen LogP contribution in [0.15, 0.2) is 46.9 Å². The van der Waals surface area contributed by atoms with Crippen molar-refractivity contribution in [3.8, 4) is 0 Å².